The second-order valence-corrected chi connectivity index (χ2v) is 7.75. The van der Waals surface area contributed by atoms with Crippen molar-refractivity contribution in [1.82, 2.24) is 15.0 Å². The van der Waals surface area contributed by atoms with Gasteiger partial charge in [-0.15, -0.1) is 0 Å². The molecule has 7 nitrogen and oxygen atoms in total. The van der Waals surface area contributed by atoms with Crippen molar-refractivity contribution in [3.8, 4) is 5.88 Å². The Labute approximate surface area is 154 Å². The molecule has 1 amide bonds. The third kappa shape index (κ3) is 4.01. The van der Waals surface area contributed by atoms with Gasteiger partial charge in [-0.25, -0.2) is 9.97 Å². The number of hydrogen-bond donors (Lipinski definition) is 1. The Morgan fingerprint density at radius 3 is 3.04 bits per heavy atom. The number of anilines is 2. The van der Waals surface area contributed by atoms with Gasteiger partial charge in [-0.2, -0.15) is 4.98 Å². The lowest BCUT2D eigenvalue weighted by Gasteiger charge is -2.27. The van der Waals surface area contributed by atoms with Gasteiger partial charge < -0.3 is 15.0 Å². The van der Waals surface area contributed by atoms with Crippen molar-refractivity contribution in [2.45, 2.75) is 32.7 Å². The maximum atomic E-state index is 11.2. The molecule has 1 saturated carbocycles. The van der Waals surface area contributed by atoms with Gasteiger partial charge in [0.25, 0.3) is 0 Å². The van der Waals surface area contributed by atoms with Gasteiger partial charge in [0.2, 0.25) is 17.1 Å². The topological polar surface area (TPSA) is 80.2 Å². The molecule has 4 rings (SSSR count). The average molecular weight is 380 g/mol. The minimum atomic E-state index is -0.108. The van der Waals surface area contributed by atoms with Crippen molar-refractivity contribution >= 4 is 39.8 Å². The first-order valence-electron chi connectivity index (χ1n) is 8.25. The zero-order valence-corrected chi connectivity index (χ0v) is 15.4. The summed E-state index contributed by atoms with van der Waals surface area (Å²) < 4.78 is 5.74. The molecule has 0 bridgehead atoms. The molecular weight excluding hydrogens is 362 g/mol. The van der Waals surface area contributed by atoms with Gasteiger partial charge in [-0.05, 0) is 30.4 Å². The van der Waals surface area contributed by atoms with Crippen molar-refractivity contribution in [3.63, 3.8) is 0 Å². The summed E-state index contributed by atoms with van der Waals surface area (Å²) in [6.45, 7) is 3.64. The van der Waals surface area contributed by atoms with Gasteiger partial charge in [-0.1, -0.05) is 11.3 Å². The highest BCUT2D eigenvalue weighted by Gasteiger charge is 2.24. The number of rotatable bonds is 5. The number of aromatic nitrogens is 3. The van der Waals surface area contributed by atoms with Crippen molar-refractivity contribution in [1.29, 1.82) is 0 Å². The van der Waals surface area contributed by atoms with Crippen LogP contribution in [0.3, 0.4) is 0 Å². The minimum Gasteiger partial charge on any atom is -0.477 e. The maximum absolute atomic E-state index is 11.2. The molecule has 3 heterocycles. The van der Waals surface area contributed by atoms with E-state index in [-0.39, 0.29) is 11.2 Å². The zero-order valence-electron chi connectivity index (χ0n) is 13.8. The molecule has 25 heavy (non-hydrogen) atoms. The molecule has 2 aliphatic rings. The third-order valence-corrected chi connectivity index (χ3v) is 5.33. The fraction of sp³-hybridized carbons (Fsp3) is 0.500. The van der Waals surface area contributed by atoms with E-state index in [1.807, 2.05) is 6.07 Å². The number of carbonyl (C=O) groups excluding carboxylic acids is 1. The average Bonchev–Trinajstić information content (AvgIpc) is 3.30. The number of ether oxygens (including phenoxy) is 1. The Morgan fingerprint density at radius 2 is 2.28 bits per heavy atom. The van der Waals surface area contributed by atoms with Crippen molar-refractivity contribution in [2.75, 3.05) is 23.4 Å². The molecule has 0 atom stereocenters. The third-order valence-electron chi connectivity index (χ3n) is 4.16. The molecule has 0 radical (unpaired) electrons. The predicted octanol–water partition coefficient (Wildman–Crippen LogP) is 2.90. The number of nitrogens with zero attached hydrogens (tertiary/aromatic N) is 4. The van der Waals surface area contributed by atoms with Gasteiger partial charge in [0.1, 0.15) is 5.82 Å². The van der Waals surface area contributed by atoms with E-state index in [1.165, 1.54) is 31.1 Å². The number of thiazole rings is 1. The highest BCUT2D eigenvalue weighted by molar-refractivity contribution is 7.15. The minimum absolute atomic E-state index is 0.108. The summed E-state index contributed by atoms with van der Waals surface area (Å²) in [7, 11) is 0. The van der Waals surface area contributed by atoms with Crippen LogP contribution in [0.2, 0.25) is 5.28 Å². The van der Waals surface area contributed by atoms with Crippen LogP contribution < -0.4 is 15.0 Å². The summed E-state index contributed by atoms with van der Waals surface area (Å²) >= 11 is 7.58. The molecular formula is C16H18ClN5O2S. The van der Waals surface area contributed by atoms with Crippen LogP contribution in [0.25, 0.3) is 0 Å². The smallest absolute Gasteiger partial charge is 0.227 e. The van der Waals surface area contributed by atoms with Gasteiger partial charge in [0.15, 0.2) is 5.13 Å². The second-order valence-electron chi connectivity index (χ2n) is 6.33. The van der Waals surface area contributed by atoms with Crippen LogP contribution in [0.5, 0.6) is 5.88 Å². The Kier molecular flexibility index (Phi) is 4.47. The summed E-state index contributed by atoms with van der Waals surface area (Å²) in [4.78, 5) is 27.5. The number of fused-ring (bicyclic) bond motifs is 1. The molecule has 0 aromatic carbocycles. The van der Waals surface area contributed by atoms with E-state index in [9.17, 15) is 4.79 Å². The largest absolute Gasteiger partial charge is 0.477 e. The first-order valence-corrected chi connectivity index (χ1v) is 9.45. The van der Waals surface area contributed by atoms with Crippen molar-refractivity contribution < 1.29 is 9.53 Å². The van der Waals surface area contributed by atoms with Gasteiger partial charge in [0.05, 0.1) is 18.8 Å². The summed E-state index contributed by atoms with van der Waals surface area (Å²) in [5.41, 5.74) is 1.04. The normalized spacial score (nSPS) is 16.5. The number of halogens is 1. The van der Waals surface area contributed by atoms with Crippen LogP contribution in [-0.4, -0.2) is 34.0 Å². The lowest BCUT2D eigenvalue weighted by molar-refractivity contribution is -0.114. The lowest BCUT2D eigenvalue weighted by Crippen LogP contribution is -2.30. The van der Waals surface area contributed by atoms with Crippen LogP contribution in [0.4, 0.5) is 10.9 Å². The molecule has 0 spiro atoms. The molecule has 132 valence electrons. The van der Waals surface area contributed by atoms with E-state index >= 15 is 0 Å². The Balaban J connectivity index is 1.50. The van der Waals surface area contributed by atoms with E-state index < -0.39 is 0 Å². The van der Waals surface area contributed by atoms with Gasteiger partial charge in [0, 0.05) is 30.8 Å². The van der Waals surface area contributed by atoms with Crippen molar-refractivity contribution in [2.24, 2.45) is 5.92 Å². The van der Waals surface area contributed by atoms with Crippen LogP contribution in [-0.2, 0) is 17.8 Å². The molecule has 0 saturated heterocycles. The van der Waals surface area contributed by atoms with E-state index in [0.717, 1.165) is 29.4 Å². The lowest BCUT2D eigenvalue weighted by atomic mass is 10.2. The van der Waals surface area contributed by atoms with E-state index in [1.54, 1.807) is 0 Å². The Bertz CT molecular complexity index is 808. The monoisotopic (exact) mass is 379 g/mol. The molecule has 0 unspecified atom stereocenters. The highest BCUT2D eigenvalue weighted by Crippen LogP contribution is 2.32. The summed E-state index contributed by atoms with van der Waals surface area (Å²) in [5, 5.41) is 3.59. The quantitative estimate of drug-likeness (QED) is 0.804. The van der Waals surface area contributed by atoms with E-state index in [4.69, 9.17) is 16.3 Å². The van der Waals surface area contributed by atoms with Crippen LogP contribution in [0, 0.1) is 5.92 Å². The SMILES string of the molecule is CC(=O)Nc1nc2c(s1)CN(c1cc(OCC3CC3)nc(Cl)n1)CC2. The molecule has 9 heteroatoms. The molecule has 1 fully saturated rings. The molecule has 2 aromatic rings. The number of carbonyl (C=O) groups is 1. The first kappa shape index (κ1) is 16.5. The summed E-state index contributed by atoms with van der Waals surface area (Å²) in [6, 6.07) is 1.84. The molecule has 1 N–H and O–H groups in total. The molecule has 1 aliphatic carbocycles. The number of nitrogens with one attached hydrogen (secondary N) is 1. The second kappa shape index (κ2) is 6.76. The van der Waals surface area contributed by atoms with Crippen LogP contribution in [0.15, 0.2) is 6.07 Å². The summed E-state index contributed by atoms with van der Waals surface area (Å²) in [6.07, 6.45) is 3.25. The first-order chi connectivity index (χ1) is 12.1. The zero-order chi connectivity index (χ0) is 17.4. The molecule has 2 aromatic heterocycles. The van der Waals surface area contributed by atoms with Crippen LogP contribution >= 0.6 is 22.9 Å². The van der Waals surface area contributed by atoms with Crippen molar-refractivity contribution in [3.05, 3.63) is 21.9 Å². The summed E-state index contributed by atoms with van der Waals surface area (Å²) in [5.74, 6) is 1.82. The van der Waals surface area contributed by atoms with E-state index in [0.29, 0.717) is 30.1 Å². The van der Waals surface area contributed by atoms with E-state index in [2.05, 4.69) is 25.2 Å². The van der Waals surface area contributed by atoms with Gasteiger partial charge >= 0.3 is 0 Å². The fourth-order valence-electron chi connectivity index (χ4n) is 2.70. The molecule has 1 aliphatic heterocycles. The maximum Gasteiger partial charge on any atom is 0.227 e. The number of amides is 1. The highest BCUT2D eigenvalue weighted by atomic mass is 35.5. The Morgan fingerprint density at radius 1 is 1.44 bits per heavy atom. The Hall–Kier alpha value is -1.93. The standard InChI is InChI=1S/C16H18ClN5O2S/c1-9(23)18-16-19-11-4-5-22(7-12(11)25-16)13-6-14(21-15(17)20-13)24-8-10-2-3-10/h6,10H,2-5,7-8H2,1H3,(H,18,19,23). The fourth-order valence-corrected chi connectivity index (χ4v) is 3.94. The predicted molar refractivity (Wildman–Crippen MR) is 96.4 cm³/mol. The number of hydrogen-bond acceptors (Lipinski definition) is 7. The van der Waals surface area contributed by atoms with Gasteiger partial charge in [-0.3, -0.25) is 4.79 Å². The van der Waals surface area contributed by atoms with Crippen LogP contribution in [0.1, 0.15) is 30.3 Å².